The number of unbranched alkanes of at least 4 members (excludes halogenated alkanes) is 6. The summed E-state index contributed by atoms with van der Waals surface area (Å²) in [6, 6.07) is 0. The van der Waals surface area contributed by atoms with Crippen LogP contribution in [0.5, 0.6) is 0 Å². The van der Waals surface area contributed by atoms with Crippen LogP contribution in [0.2, 0.25) is 0 Å². The molecule has 0 N–H and O–H groups in total. The molecule has 0 bridgehead atoms. The molecule has 0 spiro atoms. The molecule has 0 aliphatic carbocycles. The smallest absolute Gasteiger partial charge is 0.306 e. The summed E-state index contributed by atoms with van der Waals surface area (Å²) in [4.78, 5) is 23.1. The molecule has 0 radical (unpaired) electrons. The van der Waals surface area contributed by atoms with Gasteiger partial charge in [-0.05, 0) is 26.2 Å². The highest BCUT2D eigenvalue weighted by Gasteiger charge is 2.12. The first-order valence-electron chi connectivity index (χ1n) is 8.95. The minimum Gasteiger partial charge on any atom is -0.466 e. The molecule has 0 rings (SSSR count). The van der Waals surface area contributed by atoms with Crippen molar-refractivity contribution in [3.05, 3.63) is 0 Å². The summed E-state index contributed by atoms with van der Waals surface area (Å²) in [5.41, 5.74) is 0. The summed E-state index contributed by atoms with van der Waals surface area (Å²) >= 11 is 0. The highest BCUT2D eigenvalue weighted by molar-refractivity contribution is 5.77. The first-order chi connectivity index (χ1) is 10.6. The molecule has 0 amide bonds. The summed E-state index contributed by atoms with van der Waals surface area (Å²) < 4.78 is 10.4. The third kappa shape index (κ3) is 13.9. The van der Waals surface area contributed by atoms with Gasteiger partial charge in [-0.3, -0.25) is 9.59 Å². The standard InChI is InChI=1S/C18H34O4/c1-4-6-8-10-12-16(3)22-18(20)14-13-17(19)21-15-11-9-7-5-2/h16H,4-15H2,1-3H3. The van der Waals surface area contributed by atoms with E-state index in [1.165, 1.54) is 25.7 Å². The van der Waals surface area contributed by atoms with Crippen molar-refractivity contribution in [2.45, 2.75) is 97.5 Å². The van der Waals surface area contributed by atoms with Gasteiger partial charge in [0.25, 0.3) is 0 Å². The molecule has 0 aliphatic heterocycles. The van der Waals surface area contributed by atoms with Crippen LogP contribution in [0.3, 0.4) is 0 Å². The van der Waals surface area contributed by atoms with Gasteiger partial charge in [0.15, 0.2) is 0 Å². The zero-order valence-corrected chi connectivity index (χ0v) is 14.7. The second kappa shape index (κ2) is 14.9. The lowest BCUT2D eigenvalue weighted by Crippen LogP contribution is -2.16. The highest BCUT2D eigenvalue weighted by atomic mass is 16.5. The fourth-order valence-electron chi connectivity index (χ4n) is 2.19. The fourth-order valence-corrected chi connectivity index (χ4v) is 2.19. The van der Waals surface area contributed by atoms with Crippen molar-refractivity contribution in [1.82, 2.24) is 0 Å². The van der Waals surface area contributed by atoms with Gasteiger partial charge < -0.3 is 9.47 Å². The number of hydrogen-bond acceptors (Lipinski definition) is 4. The average Bonchev–Trinajstić information content (AvgIpc) is 2.49. The van der Waals surface area contributed by atoms with E-state index in [0.717, 1.165) is 32.1 Å². The molecule has 0 aromatic rings. The third-order valence-electron chi connectivity index (χ3n) is 3.59. The molecule has 1 unspecified atom stereocenters. The van der Waals surface area contributed by atoms with E-state index < -0.39 is 0 Å². The number of ether oxygens (including phenoxy) is 2. The lowest BCUT2D eigenvalue weighted by molar-refractivity contribution is -0.153. The van der Waals surface area contributed by atoms with Crippen molar-refractivity contribution in [2.75, 3.05) is 6.61 Å². The van der Waals surface area contributed by atoms with E-state index >= 15 is 0 Å². The van der Waals surface area contributed by atoms with Crippen LogP contribution in [0.15, 0.2) is 0 Å². The molecule has 4 nitrogen and oxygen atoms in total. The predicted octanol–water partition coefficient (Wildman–Crippen LogP) is 4.79. The van der Waals surface area contributed by atoms with Gasteiger partial charge >= 0.3 is 11.9 Å². The van der Waals surface area contributed by atoms with Crippen molar-refractivity contribution in [1.29, 1.82) is 0 Å². The Labute approximate surface area is 135 Å². The van der Waals surface area contributed by atoms with Crippen molar-refractivity contribution in [3.63, 3.8) is 0 Å². The summed E-state index contributed by atoms with van der Waals surface area (Å²) in [7, 11) is 0. The van der Waals surface area contributed by atoms with Gasteiger partial charge in [-0.15, -0.1) is 0 Å². The summed E-state index contributed by atoms with van der Waals surface area (Å²) in [6.07, 6.45) is 10.1. The van der Waals surface area contributed by atoms with Crippen molar-refractivity contribution in [3.8, 4) is 0 Å². The van der Waals surface area contributed by atoms with Crippen LogP contribution in [-0.2, 0) is 19.1 Å². The Morgan fingerprint density at radius 2 is 1.41 bits per heavy atom. The first kappa shape index (κ1) is 20.9. The summed E-state index contributed by atoms with van der Waals surface area (Å²) in [5, 5.41) is 0. The van der Waals surface area contributed by atoms with Crippen LogP contribution in [0.25, 0.3) is 0 Å². The van der Waals surface area contributed by atoms with Crippen LogP contribution in [-0.4, -0.2) is 24.6 Å². The van der Waals surface area contributed by atoms with E-state index in [2.05, 4.69) is 13.8 Å². The Bertz CT molecular complexity index is 289. The molecule has 0 aromatic heterocycles. The SMILES string of the molecule is CCCCCCOC(=O)CCC(=O)OC(C)CCCCCC. The first-order valence-corrected chi connectivity index (χ1v) is 8.95. The topological polar surface area (TPSA) is 52.6 Å². The van der Waals surface area contributed by atoms with Gasteiger partial charge in [-0.25, -0.2) is 0 Å². The monoisotopic (exact) mass is 314 g/mol. The van der Waals surface area contributed by atoms with Crippen molar-refractivity contribution in [2.24, 2.45) is 0 Å². The highest BCUT2D eigenvalue weighted by Crippen LogP contribution is 2.09. The van der Waals surface area contributed by atoms with Crippen molar-refractivity contribution >= 4 is 11.9 Å². The molecular formula is C18H34O4. The maximum Gasteiger partial charge on any atom is 0.306 e. The van der Waals surface area contributed by atoms with Gasteiger partial charge in [-0.2, -0.15) is 0 Å². The van der Waals surface area contributed by atoms with E-state index in [0.29, 0.717) is 6.61 Å². The maximum atomic E-state index is 11.6. The molecule has 4 heteroatoms. The second-order valence-electron chi connectivity index (χ2n) is 5.93. The zero-order valence-electron chi connectivity index (χ0n) is 14.7. The van der Waals surface area contributed by atoms with Gasteiger partial charge in [0, 0.05) is 0 Å². The Morgan fingerprint density at radius 3 is 2.05 bits per heavy atom. The average molecular weight is 314 g/mol. The molecule has 0 saturated carbocycles. The Kier molecular flexibility index (Phi) is 14.1. The molecule has 0 heterocycles. The third-order valence-corrected chi connectivity index (χ3v) is 3.59. The fraction of sp³-hybridized carbons (Fsp3) is 0.889. The number of carbonyl (C=O) groups is 2. The molecule has 0 aliphatic rings. The molecule has 0 aromatic carbocycles. The van der Waals surface area contributed by atoms with Gasteiger partial charge in [-0.1, -0.05) is 52.4 Å². The van der Waals surface area contributed by atoms with Crippen LogP contribution < -0.4 is 0 Å². The molecule has 0 saturated heterocycles. The van der Waals surface area contributed by atoms with Crippen LogP contribution in [0.4, 0.5) is 0 Å². The molecule has 22 heavy (non-hydrogen) atoms. The number of carbonyl (C=O) groups excluding carboxylic acids is 2. The van der Waals surface area contributed by atoms with Gasteiger partial charge in [0.05, 0.1) is 25.6 Å². The zero-order chi connectivity index (χ0) is 16.6. The normalized spacial score (nSPS) is 12.0. The Balaban J connectivity index is 3.56. The molecular weight excluding hydrogens is 280 g/mol. The van der Waals surface area contributed by atoms with E-state index in [4.69, 9.17) is 9.47 Å². The second-order valence-corrected chi connectivity index (χ2v) is 5.93. The molecule has 0 fully saturated rings. The van der Waals surface area contributed by atoms with Crippen molar-refractivity contribution < 1.29 is 19.1 Å². The van der Waals surface area contributed by atoms with E-state index in [1.54, 1.807) is 0 Å². The van der Waals surface area contributed by atoms with E-state index in [1.807, 2.05) is 6.92 Å². The van der Waals surface area contributed by atoms with Crippen LogP contribution in [0.1, 0.15) is 91.4 Å². The minimum atomic E-state index is -0.302. The maximum absolute atomic E-state index is 11.6. The van der Waals surface area contributed by atoms with Gasteiger partial charge in [0.2, 0.25) is 0 Å². The predicted molar refractivity (Wildman–Crippen MR) is 88.6 cm³/mol. The van der Waals surface area contributed by atoms with E-state index in [-0.39, 0.29) is 30.9 Å². The van der Waals surface area contributed by atoms with E-state index in [9.17, 15) is 9.59 Å². The van der Waals surface area contributed by atoms with Crippen LogP contribution >= 0.6 is 0 Å². The van der Waals surface area contributed by atoms with Gasteiger partial charge in [0.1, 0.15) is 0 Å². The summed E-state index contributed by atoms with van der Waals surface area (Å²) in [5.74, 6) is -0.602. The lowest BCUT2D eigenvalue weighted by atomic mass is 10.1. The Morgan fingerprint density at radius 1 is 0.818 bits per heavy atom. The molecule has 130 valence electrons. The quantitative estimate of drug-likeness (QED) is 0.341. The van der Waals surface area contributed by atoms with Crippen LogP contribution in [0, 0.1) is 0 Å². The Hall–Kier alpha value is -1.06. The largest absolute Gasteiger partial charge is 0.466 e. The number of rotatable bonds is 14. The summed E-state index contributed by atoms with van der Waals surface area (Å²) in [6.45, 7) is 6.69. The number of esters is 2. The number of hydrogen-bond donors (Lipinski definition) is 0. The minimum absolute atomic E-state index is 0.0607. The molecule has 1 atom stereocenters. The lowest BCUT2D eigenvalue weighted by Gasteiger charge is -2.13.